The van der Waals surface area contributed by atoms with Gasteiger partial charge in [0.2, 0.25) is 5.95 Å². The molecule has 3 aromatic heterocycles. The number of hydrogen-bond donors (Lipinski definition) is 1. The van der Waals surface area contributed by atoms with E-state index in [1.165, 1.54) is 13.0 Å². The number of halogens is 2. The molecule has 0 aliphatic carbocycles. The number of hydrogen-bond acceptors (Lipinski definition) is 10. The standard InChI is InChI=1S/C33H39F2N7O4/c1-6-41-11-9-22(10-12-41)32(46-29(44)18-45-17-20(4)43)23-7-8-28(36-15-23)39-33-37-16-26(35)30(40-33)24-13-25(34)31-27(14-24)42(19(2)3)21(5)38-31/h7-8,13-16,19,22,32H,6,9-12,17-18H2,1-5H3,(H,36,37,39,40)/t32-/m1/s1. The molecule has 1 aliphatic heterocycles. The van der Waals surface area contributed by atoms with Crippen LogP contribution in [0, 0.1) is 24.5 Å². The molecule has 5 rings (SSSR count). The number of ketones is 1. The highest BCUT2D eigenvalue weighted by atomic mass is 19.1. The monoisotopic (exact) mass is 635 g/mol. The van der Waals surface area contributed by atoms with Gasteiger partial charge in [-0.3, -0.25) is 4.79 Å². The fourth-order valence-corrected chi connectivity index (χ4v) is 5.91. The molecule has 244 valence electrons. The largest absolute Gasteiger partial charge is 0.455 e. The lowest BCUT2D eigenvalue weighted by molar-refractivity contribution is -0.159. The predicted octanol–water partition coefficient (Wildman–Crippen LogP) is 5.72. The Labute approximate surface area is 266 Å². The van der Waals surface area contributed by atoms with Crippen LogP contribution < -0.4 is 5.32 Å². The number of nitrogens with zero attached hydrogens (tertiary/aromatic N) is 6. The van der Waals surface area contributed by atoms with Gasteiger partial charge in [0.1, 0.15) is 42.2 Å². The maximum atomic E-state index is 15.1. The van der Waals surface area contributed by atoms with Crippen molar-refractivity contribution in [3.05, 3.63) is 59.7 Å². The Morgan fingerprint density at radius 2 is 1.80 bits per heavy atom. The number of likely N-dealkylation sites (tertiary alicyclic amines) is 1. The van der Waals surface area contributed by atoms with Gasteiger partial charge in [0.05, 0.1) is 11.7 Å². The lowest BCUT2D eigenvalue weighted by atomic mass is 9.87. The number of aryl methyl sites for hydroxylation is 1. The Hall–Kier alpha value is -4.36. The maximum Gasteiger partial charge on any atom is 0.332 e. The normalized spacial score (nSPS) is 15.0. The van der Waals surface area contributed by atoms with Crippen LogP contribution in [0.25, 0.3) is 22.3 Å². The Morgan fingerprint density at radius 1 is 1.04 bits per heavy atom. The molecule has 4 aromatic rings. The molecular formula is C33H39F2N7O4. The number of esters is 1. The number of ether oxygens (including phenoxy) is 2. The van der Waals surface area contributed by atoms with E-state index in [0.29, 0.717) is 22.7 Å². The zero-order valence-corrected chi connectivity index (χ0v) is 26.7. The van der Waals surface area contributed by atoms with Crippen molar-refractivity contribution in [1.82, 2.24) is 29.4 Å². The first-order valence-electron chi connectivity index (χ1n) is 15.5. The van der Waals surface area contributed by atoms with Gasteiger partial charge in [0.15, 0.2) is 17.4 Å². The van der Waals surface area contributed by atoms with Crippen LogP contribution in [-0.2, 0) is 19.1 Å². The number of nitrogens with one attached hydrogen (secondary N) is 1. The second-order valence-corrected chi connectivity index (χ2v) is 11.8. The van der Waals surface area contributed by atoms with E-state index in [9.17, 15) is 14.0 Å². The van der Waals surface area contributed by atoms with Crippen LogP contribution >= 0.6 is 0 Å². The molecule has 0 saturated carbocycles. The molecule has 1 aromatic carbocycles. The van der Waals surface area contributed by atoms with Crippen LogP contribution in [0.1, 0.15) is 64.1 Å². The summed E-state index contributed by atoms with van der Waals surface area (Å²) in [6, 6.07) is 6.43. The third kappa shape index (κ3) is 7.53. The van der Waals surface area contributed by atoms with Gasteiger partial charge in [-0.2, -0.15) is 0 Å². The number of piperidine rings is 1. The molecule has 0 spiro atoms. The van der Waals surface area contributed by atoms with Crippen molar-refractivity contribution in [3.8, 4) is 11.3 Å². The Morgan fingerprint density at radius 3 is 2.46 bits per heavy atom. The zero-order valence-electron chi connectivity index (χ0n) is 26.7. The molecule has 1 aliphatic rings. The summed E-state index contributed by atoms with van der Waals surface area (Å²) in [6.45, 7) is 11.5. The first-order chi connectivity index (χ1) is 22.0. The molecule has 13 heteroatoms. The van der Waals surface area contributed by atoms with E-state index in [1.54, 1.807) is 31.3 Å². The SMILES string of the molecule is CCN1CCC([C@@H](OC(=O)COCC(C)=O)c2ccc(Nc3ncc(F)c(-c4cc(F)c5nc(C)n(C(C)C)c5c4)n3)nc2)CC1. The predicted molar refractivity (Wildman–Crippen MR) is 168 cm³/mol. The number of Topliss-reactive ketones (excluding diaryl/α,β-unsaturated/α-hetero) is 1. The smallest absolute Gasteiger partial charge is 0.332 e. The van der Waals surface area contributed by atoms with Gasteiger partial charge in [0.25, 0.3) is 0 Å². The van der Waals surface area contributed by atoms with Gasteiger partial charge >= 0.3 is 5.97 Å². The van der Waals surface area contributed by atoms with E-state index in [4.69, 9.17) is 9.47 Å². The summed E-state index contributed by atoms with van der Waals surface area (Å²) in [5.41, 5.74) is 1.66. The van der Waals surface area contributed by atoms with Crippen molar-refractivity contribution < 1.29 is 27.8 Å². The topological polar surface area (TPSA) is 124 Å². The number of benzene rings is 1. The first kappa shape index (κ1) is 33.0. The average Bonchev–Trinajstić information content (AvgIpc) is 3.37. The Bertz CT molecular complexity index is 1700. The Balaban J connectivity index is 1.36. The van der Waals surface area contributed by atoms with Gasteiger partial charge in [-0.15, -0.1) is 0 Å². The number of aromatic nitrogens is 5. The van der Waals surface area contributed by atoms with Crippen LogP contribution in [0.2, 0.25) is 0 Å². The number of rotatable bonds is 12. The van der Waals surface area contributed by atoms with E-state index >= 15 is 4.39 Å². The third-order valence-electron chi connectivity index (χ3n) is 8.11. The fourth-order valence-electron chi connectivity index (χ4n) is 5.91. The van der Waals surface area contributed by atoms with Gasteiger partial charge in [-0.1, -0.05) is 13.0 Å². The summed E-state index contributed by atoms with van der Waals surface area (Å²) in [6.07, 6.45) is 3.78. The molecule has 0 amide bonds. The van der Waals surface area contributed by atoms with Gasteiger partial charge in [-0.05, 0) is 78.4 Å². The molecular weight excluding hydrogens is 596 g/mol. The van der Waals surface area contributed by atoms with E-state index in [1.807, 2.05) is 18.4 Å². The lowest BCUT2D eigenvalue weighted by Gasteiger charge is -2.35. The molecule has 11 nitrogen and oxygen atoms in total. The molecule has 46 heavy (non-hydrogen) atoms. The summed E-state index contributed by atoms with van der Waals surface area (Å²) in [7, 11) is 0. The third-order valence-corrected chi connectivity index (χ3v) is 8.11. The molecule has 1 atom stereocenters. The molecule has 1 N–H and O–H groups in total. The van der Waals surface area contributed by atoms with Crippen molar-refractivity contribution in [2.45, 2.75) is 59.6 Å². The van der Waals surface area contributed by atoms with E-state index < -0.39 is 23.7 Å². The second-order valence-electron chi connectivity index (χ2n) is 11.8. The number of imidazole rings is 1. The van der Waals surface area contributed by atoms with Crippen molar-refractivity contribution in [3.63, 3.8) is 0 Å². The highest BCUT2D eigenvalue weighted by Gasteiger charge is 2.31. The molecule has 4 heterocycles. The molecule has 1 fully saturated rings. The molecule has 0 unspecified atom stereocenters. The summed E-state index contributed by atoms with van der Waals surface area (Å²) >= 11 is 0. The van der Waals surface area contributed by atoms with Gasteiger partial charge in [0, 0.05) is 29.3 Å². The van der Waals surface area contributed by atoms with Crippen LogP contribution in [0.3, 0.4) is 0 Å². The number of pyridine rings is 1. The van der Waals surface area contributed by atoms with Gasteiger partial charge < -0.3 is 24.3 Å². The molecule has 1 saturated heterocycles. The van der Waals surface area contributed by atoms with E-state index in [0.717, 1.165) is 38.7 Å². The zero-order chi connectivity index (χ0) is 33.0. The minimum Gasteiger partial charge on any atom is -0.455 e. The maximum absolute atomic E-state index is 15.1. The van der Waals surface area contributed by atoms with Crippen molar-refractivity contribution in [2.75, 3.05) is 38.2 Å². The number of fused-ring (bicyclic) bond motifs is 1. The Kier molecular flexibility index (Phi) is 10.3. The highest BCUT2D eigenvalue weighted by Crippen LogP contribution is 2.35. The summed E-state index contributed by atoms with van der Waals surface area (Å²) in [4.78, 5) is 43.4. The van der Waals surface area contributed by atoms with E-state index in [-0.39, 0.29) is 53.7 Å². The quantitative estimate of drug-likeness (QED) is 0.193. The fraction of sp³-hybridized carbons (Fsp3) is 0.455. The summed E-state index contributed by atoms with van der Waals surface area (Å²) in [5.74, 6) is -0.813. The van der Waals surface area contributed by atoms with Crippen LogP contribution in [0.4, 0.5) is 20.5 Å². The van der Waals surface area contributed by atoms with Crippen LogP contribution in [0.5, 0.6) is 0 Å². The summed E-state index contributed by atoms with van der Waals surface area (Å²) in [5, 5.41) is 2.99. The molecule has 0 radical (unpaired) electrons. The molecule has 0 bridgehead atoms. The average molecular weight is 636 g/mol. The number of carbonyl (C=O) groups is 2. The van der Waals surface area contributed by atoms with Crippen molar-refractivity contribution in [1.29, 1.82) is 0 Å². The highest BCUT2D eigenvalue weighted by molar-refractivity contribution is 5.83. The van der Waals surface area contributed by atoms with Crippen LogP contribution in [-0.4, -0.2) is 74.0 Å². The second kappa shape index (κ2) is 14.4. The van der Waals surface area contributed by atoms with Crippen molar-refractivity contribution in [2.24, 2.45) is 5.92 Å². The van der Waals surface area contributed by atoms with Crippen LogP contribution in [0.15, 0.2) is 36.7 Å². The lowest BCUT2D eigenvalue weighted by Crippen LogP contribution is -2.36. The number of carbonyl (C=O) groups excluding carboxylic acids is 2. The van der Waals surface area contributed by atoms with E-state index in [2.05, 4.69) is 37.1 Å². The minimum absolute atomic E-state index is 0.0218. The van der Waals surface area contributed by atoms with Crippen molar-refractivity contribution >= 4 is 34.6 Å². The number of anilines is 2. The van der Waals surface area contributed by atoms with Gasteiger partial charge in [-0.25, -0.2) is 33.5 Å². The summed E-state index contributed by atoms with van der Waals surface area (Å²) < 4.78 is 43.0. The minimum atomic E-state index is -0.703. The first-order valence-corrected chi connectivity index (χ1v) is 15.5.